The molecule has 0 fully saturated rings. The van der Waals surface area contributed by atoms with Gasteiger partial charge in [0.25, 0.3) is 0 Å². The summed E-state index contributed by atoms with van der Waals surface area (Å²) in [5.41, 5.74) is 0. The Hall–Kier alpha value is -1.10. The van der Waals surface area contributed by atoms with Gasteiger partial charge in [0.05, 0.1) is 20.1 Å². The summed E-state index contributed by atoms with van der Waals surface area (Å²) < 4.78 is 4.51. The van der Waals surface area contributed by atoms with E-state index in [1.807, 2.05) is 18.9 Å². The second-order valence-corrected chi connectivity index (χ2v) is 3.47. The zero-order valence-electron chi connectivity index (χ0n) is 9.95. The van der Waals surface area contributed by atoms with Crippen molar-refractivity contribution in [2.45, 2.75) is 13.3 Å². The monoisotopic (exact) mass is 216 g/mol. The van der Waals surface area contributed by atoms with Crippen molar-refractivity contribution in [3.8, 4) is 0 Å². The van der Waals surface area contributed by atoms with Crippen molar-refractivity contribution < 1.29 is 14.3 Å². The number of carbonyl (C=O) groups is 2. The summed E-state index contributed by atoms with van der Waals surface area (Å²) in [6.45, 7) is 3.49. The smallest absolute Gasteiger partial charge is 0.306 e. The summed E-state index contributed by atoms with van der Waals surface area (Å²) >= 11 is 0. The van der Waals surface area contributed by atoms with Crippen molar-refractivity contribution in [2.24, 2.45) is 0 Å². The van der Waals surface area contributed by atoms with Gasteiger partial charge in [0.2, 0.25) is 5.91 Å². The Labute approximate surface area is 91.0 Å². The van der Waals surface area contributed by atoms with Crippen LogP contribution in [0.1, 0.15) is 13.3 Å². The van der Waals surface area contributed by atoms with E-state index in [-0.39, 0.29) is 11.9 Å². The molecule has 0 atom stereocenters. The Balaban J connectivity index is 3.78. The molecule has 88 valence electrons. The lowest BCUT2D eigenvalue weighted by atomic mass is 10.4. The van der Waals surface area contributed by atoms with Crippen molar-refractivity contribution in [3.05, 3.63) is 0 Å². The number of methoxy groups -OCH3 is 1. The second-order valence-electron chi connectivity index (χ2n) is 3.47. The molecule has 0 rings (SSSR count). The van der Waals surface area contributed by atoms with Crippen LogP contribution in [-0.2, 0) is 14.3 Å². The van der Waals surface area contributed by atoms with Gasteiger partial charge in [0.15, 0.2) is 0 Å². The molecule has 0 spiro atoms. The standard InChI is InChI=1S/C10H20N2O3/c1-5-12(3)9(13)8-11(2)7-6-10(14)15-4/h5-8H2,1-4H3. The zero-order valence-corrected chi connectivity index (χ0v) is 9.95. The van der Waals surface area contributed by atoms with Gasteiger partial charge in [-0.1, -0.05) is 0 Å². The molecule has 0 saturated heterocycles. The third kappa shape index (κ3) is 6.06. The van der Waals surface area contributed by atoms with Crippen LogP contribution in [0.5, 0.6) is 0 Å². The highest BCUT2D eigenvalue weighted by Gasteiger charge is 2.11. The fourth-order valence-corrected chi connectivity index (χ4v) is 0.991. The van der Waals surface area contributed by atoms with Crippen molar-refractivity contribution >= 4 is 11.9 Å². The maximum atomic E-state index is 11.5. The van der Waals surface area contributed by atoms with Crippen LogP contribution in [0.25, 0.3) is 0 Å². The molecule has 0 heterocycles. The molecular formula is C10H20N2O3. The number of hydrogen-bond acceptors (Lipinski definition) is 4. The molecule has 0 unspecified atom stereocenters. The van der Waals surface area contributed by atoms with Crippen LogP contribution >= 0.6 is 0 Å². The molecule has 1 amide bonds. The highest BCUT2D eigenvalue weighted by molar-refractivity contribution is 5.78. The first-order chi connectivity index (χ1) is 7.01. The quantitative estimate of drug-likeness (QED) is 0.585. The summed E-state index contributed by atoms with van der Waals surface area (Å²) in [4.78, 5) is 25.8. The third-order valence-electron chi connectivity index (χ3n) is 2.23. The fraction of sp³-hybridized carbons (Fsp3) is 0.800. The molecule has 0 saturated carbocycles. The summed E-state index contributed by atoms with van der Waals surface area (Å²) in [6.07, 6.45) is 0.316. The molecule has 0 aromatic rings. The highest BCUT2D eigenvalue weighted by Crippen LogP contribution is 1.92. The average molecular weight is 216 g/mol. The average Bonchev–Trinajstić information content (AvgIpc) is 2.24. The summed E-state index contributed by atoms with van der Waals surface area (Å²) in [5.74, 6) is -0.192. The first-order valence-electron chi connectivity index (χ1n) is 5.00. The van der Waals surface area contributed by atoms with Crippen molar-refractivity contribution in [1.29, 1.82) is 0 Å². The minimum absolute atomic E-state index is 0.0601. The van der Waals surface area contributed by atoms with Crippen LogP contribution < -0.4 is 0 Å². The number of amides is 1. The first kappa shape index (κ1) is 13.9. The number of rotatable bonds is 6. The Kier molecular flexibility index (Phi) is 6.70. The summed E-state index contributed by atoms with van der Waals surface area (Å²) in [5, 5.41) is 0. The van der Waals surface area contributed by atoms with Crippen molar-refractivity contribution in [3.63, 3.8) is 0 Å². The number of esters is 1. The molecule has 0 N–H and O–H groups in total. The van der Waals surface area contributed by atoms with Crippen LogP contribution in [-0.4, -0.2) is 62.5 Å². The van der Waals surface area contributed by atoms with Gasteiger partial charge in [-0.3, -0.25) is 14.5 Å². The van der Waals surface area contributed by atoms with E-state index < -0.39 is 0 Å². The lowest BCUT2D eigenvalue weighted by Crippen LogP contribution is -2.37. The first-order valence-corrected chi connectivity index (χ1v) is 5.00. The minimum atomic E-state index is -0.252. The maximum Gasteiger partial charge on any atom is 0.306 e. The Bertz CT molecular complexity index is 219. The SMILES string of the molecule is CCN(C)C(=O)CN(C)CCC(=O)OC. The van der Waals surface area contributed by atoms with E-state index >= 15 is 0 Å². The lowest BCUT2D eigenvalue weighted by Gasteiger charge is -2.20. The van der Waals surface area contributed by atoms with Gasteiger partial charge in [0.1, 0.15) is 0 Å². The van der Waals surface area contributed by atoms with Crippen molar-refractivity contribution in [1.82, 2.24) is 9.80 Å². The van der Waals surface area contributed by atoms with E-state index in [4.69, 9.17) is 0 Å². The van der Waals surface area contributed by atoms with E-state index in [9.17, 15) is 9.59 Å². The van der Waals surface area contributed by atoms with Crippen LogP contribution in [0.2, 0.25) is 0 Å². The fourth-order valence-electron chi connectivity index (χ4n) is 0.991. The van der Waals surface area contributed by atoms with Gasteiger partial charge in [-0.2, -0.15) is 0 Å². The number of likely N-dealkylation sites (N-methyl/N-ethyl adjacent to an activating group) is 2. The van der Waals surface area contributed by atoms with Crippen LogP contribution in [0.15, 0.2) is 0 Å². The van der Waals surface area contributed by atoms with Gasteiger partial charge in [-0.15, -0.1) is 0 Å². The molecule has 0 aliphatic carbocycles. The topological polar surface area (TPSA) is 49.9 Å². The maximum absolute atomic E-state index is 11.5. The molecule has 5 nitrogen and oxygen atoms in total. The Morgan fingerprint density at radius 2 is 1.87 bits per heavy atom. The molecule has 0 aromatic carbocycles. The molecular weight excluding hydrogens is 196 g/mol. The van der Waals surface area contributed by atoms with Crippen LogP contribution in [0.4, 0.5) is 0 Å². The van der Waals surface area contributed by atoms with E-state index in [2.05, 4.69) is 4.74 Å². The Morgan fingerprint density at radius 3 is 2.33 bits per heavy atom. The molecule has 5 heteroatoms. The van der Waals surface area contributed by atoms with E-state index in [0.29, 0.717) is 26.1 Å². The number of nitrogens with zero attached hydrogens (tertiary/aromatic N) is 2. The molecule has 0 aliphatic rings. The van der Waals surface area contributed by atoms with E-state index in [0.717, 1.165) is 0 Å². The second kappa shape index (κ2) is 7.23. The molecule has 0 bridgehead atoms. The van der Waals surface area contributed by atoms with E-state index in [1.54, 1.807) is 11.9 Å². The zero-order chi connectivity index (χ0) is 11.8. The predicted octanol–water partition coefficient (Wildman–Crippen LogP) is -0.0404. The highest BCUT2D eigenvalue weighted by atomic mass is 16.5. The minimum Gasteiger partial charge on any atom is -0.469 e. The van der Waals surface area contributed by atoms with E-state index in [1.165, 1.54) is 7.11 Å². The lowest BCUT2D eigenvalue weighted by molar-refractivity contribution is -0.141. The van der Waals surface area contributed by atoms with Crippen LogP contribution in [0, 0.1) is 0 Å². The predicted molar refractivity (Wildman–Crippen MR) is 57.4 cm³/mol. The number of ether oxygens (including phenoxy) is 1. The third-order valence-corrected chi connectivity index (χ3v) is 2.23. The van der Waals surface area contributed by atoms with Gasteiger partial charge >= 0.3 is 5.97 Å². The van der Waals surface area contributed by atoms with Gasteiger partial charge in [-0.25, -0.2) is 0 Å². The van der Waals surface area contributed by atoms with Gasteiger partial charge in [-0.05, 0) is 14.0 Å². The molecule has 0 aliphatic heterocycles. The largest absolute Gasteiger partial charge is 0.469 e. The molecule has 0 radical (unpaired) electrons. The normalized spacial score (nSPS) is 10.2. The Morgan fingerprint density at radius 1 is 1.27 bits per heavy atom. The van der Waals surface area contributed by atoms with Gasteiger partial charge in [0, 0.05) is 20.1 Å². The summed E-state index contributed by atoms with van der Waals surface area (Å²) in [7, 11) is 4.93. The van der Waals surface area contributed by atoms with Gasteiger partial charge < -0.3 is 9.64 Å². The summed E-state index contributed by atoms with van der Waals surface area (Å²) in [6, 6.07) is 0. The van der Waals surface area contributed by atoms with Crippen molar-refractivity contribution in [2.75, 3.05) is 40.8 Å². The number of carbonyl (C=O) groups excluding carboxylic acids is 2. The number of hydrogen-bond donors (Lipinski definition) is 0. The van der Waals surface area contributed by atoms with Crippen LogP contribution in [0.3, 0.4) is 0 Å². The molecule has 15 heavy (non-hydrogen) atoms. The molecule has 0 aromatic heterocycles.